The molecule has 5 nitrogen and oxygen atoms in total. The highest BCUT2D eigenvalue weighted by molar-refractivity contribution is 8.13. The fourth-order valence-corrected chi connectivity index (χ4v) is 2.41. The summed E-state index contributed by atoms with van der Waals surface area (Å²) in [5.74, 6) is 2.12. The first-order chi connectivity index (χ1) is 9.26. The van der Waals surface area contributed by atoms with Crippen LogP contribution in [0.4, 0.5) is 0 Å². The second-order valence-electron chi connectivity index (χ2n) is 3.95. The van der Waals surface area contributed by atoms with Crippen molar-refractivity contribution in [3.63, 3.8) is 0 Å². The number of amidine groups is 1. The first-order valence-electron chi connectivity index (χ1n) is 5.90. The number of fused-ring (bicyclic) bond motifs is 1. The summed E-state index contributed by atoms with van der Waals surface area (Å²) in [7, 11) is 0. The first-order valence-corrected chi connectivity index (χ1v) is 6.89. The predicted octanol–water partition coefficient (Wildman–Crippen LogP) is 2.00. The Labute approximate surface area is 114 Å². The maximum atomic E-state index is 11.7. The molecule has 1 aromatic carbocycles. The molecule has 98 valence electrons. The van der Waals surface area contributed by atoms with Gasteiger partial charge in [0.2, 0.25) is 6.79 Å². The number of nitrogens with zero attached hydrogens (tertiary/aromatic N) is 1. The number of hydrogen-bond acceptors (Lipinski definition) is 5. The van der Waals surface area contributed by atoms with Crippen LogP contribution in [0.1, 0.15) is 12.5 Å². The van der Waals surface area contributed by atoms with Crippen molar-refractivity contribution in [3.8, 4) is 11.5 Å². The number of hydrogen-bond donors (Lipinski definition) is 1. The molecule has 0 radical (unpaired) electrons. The first kappa shape index (κ1) is 12.1. The predicted molar refractivity (Wildman–Crippen MR) is 74.3 cm³/mol. The zero-order valence-electron chi connectivity index (χ0n) is 10.3. The van der Waals surface area contributed by atoms with Crippen molar-refractivity contribution in [3.05, 3.63) is 29.5 Å². The number of carbonyl (C=O) groups excluding carboxylic acids is 1. The number of nitrogens with one attached hydrogen (secondary N) is 1. The Morgan fingerprint density at radius 1 is 1.42 bits per heavy atom. The van der Waals surface area contributed by atoms with E-state index in [4.69, 9.17) is 9.47 Å². The van der Waals surface area contributed by atoms with Crippen LogP contribution in [0.15, 0.2) is 28.9 Å². The Morgan fingerprint density at radius 2 is 2.26 bits per heavy atom. The smallest absolute Gasteiger partial charge is 0.275 e. The molecule has 19 heavy (non-hydrogen) atoms. The van der Waals surface area contributed by atoms with Crippen LogP contribution in [-0.4, -0.2) is 23.6 Å². The van der Waals surface area contributed by atoms with Crippen LogP contribution in [0, 0.1) is 0 Å². The molecule has 0 saturated heterocycles. The Bertz CT molecular complexity index is 596. The van der Waals surface area contributed by atoms with Gasteiger partial charge in [0, 0.05) is 0 Å². The molecule has 1 amide bonds. The molecule has 0 aliphatic carbocycles. The van der Waals surface area contributed by atoms with Gasteiger partial charge in [0.1, 0.15) is 5.70 Å². The van der Waals surface area contributed by atoms with Gasteiger partial charge in [-0.3, -0.25) is 10.1 Å². The maximum Gasteiger partial charge on any atom is 0.275 e. The second kappa shape index (κ2) is 4.97. The molecule has 2 aliphatic rings. The molecule has 3 rings (SSSR count). The van der Waals surface area contributed by atoms with Crippen molar-refractivity contribution in [2.24, 2.45) is 4.99 Å². The van der Waals surface area contributed by atoms with Gasteiger partial charge in [-0.25, -0.2) is 4.99 Å². The van der Waals surface area contributed by atoms with Crippen molar-refractivity contribution in [2.75, 3.05) is 12.5 Å². The van der Waals surface area contributed by atoms with Crippen LogP contribution in [0.2, 0.25) is 0 Å². The summed E-state index contributed by atoms with van der Waals surface area (Å²) in [6.45, 7) is 2.25. The van der Waals surface area contributed by atoms with E-state index in [-0.39, 0.29) is 12.7 Å². The van der Waals surface area contributed by atoms with Crippen LogP contribution in [0.5, 0.6) is 11.5 Å². The van der Waals surface area contributed by atoms with Gasteiger partial charge < -0.3 is 9.47 Å². The summed E-state index contributed by atoms with van der Waals surface area (Å²) in [6, 6.07) is 5.53. The van der Waals surface area contributed by atoms with Gasteiger partial charge >= 0.3 is 0 Å². The number of benzene rings is 1. The number of thioether (sulfide) groups is 1. The summed E-state index contributed by atoms with van der Waals surface area (Å²) in [4.78, 5) is 16.0. The lowest BCUT2D eigenvalue weighted by Crippen LogP contribution is -2.21. The Kier molecular flexibility index (Phi) is 3.16. The lowest BCUT2D eigenvalue weighted by Gasteiger charge is -1.98. The average Bonchev–Trinajstić information content (AvgIpc) is 2.97. The minimum atomic E-state index is -0.173. The quantitative estimate of drug-likeness (QED) is 0.839. The van der Waals surface area contributed by atoms with Gasteiger partial charge in [-0.15, -0.1) is 0 Å². The summed E-state index contributed by atoms with van der Waals surface area (Å²) >= 11 is 1.51. The van der Waals surface area contributed by atoms with Crippen LogP contribution in [-0.2, 0) is 4.79 Å². The zero-order valence-corrected chi connectivity index (χ0v) is 11.1. The van der Waals surface area contributed by atoms with Crippen molar-refractivity contribution < 1.29 is 14.3 Å². The van der Waals surface area contributed by atoms with Crippen LogP contribution in [0.25, 0.3) is 6.08 Å². The number of ether oxygens (including phenoxy) is 2. The van der Waals surface area contributed by atoms with E-state index < -0.39 is 0 Å². The third kappa shape index (κ3) is 2.44. The van der Waals surface area contributed by atoms with Gasteiger partial charge in [-0.1, -0.05) is 24.8 Å². The molecule has 0 saturated carbocycles. The SMILES string of the molecule is CCSC1=N/C(=C/c2ccc3c(c2)OCO3)C(=O)N1. The molecule has 0 atom stereocenters. The maximum absolute atomic E-state index is 11.7. The fraction of sp³-hybridized carbons (Fsp3) is 0.231. The third-order valence-corrected chi connectivity index (χ3v) is 3.41. The largest absolute Gasteiger partial charge is 0.454 e. The Hall–Kier alpha value is -1.95. The molecule has 0 bridgehead atoms. The summed E-state index contributed by atoms with van der Waals surface area (Å²) in [5, 5.41) is 3.38. The van der Waals surface area contributed by atoms with Crippen molar-refractivity contribution in [1.82, 2.24) is 5.32 Å². The lowest BCUT2D eigenvalue weighted by atomic mass is 10.1. The molecule has 0 spiro atoms. The fourth-order valence-electron chi connectivity index (χ4n) is 1.81. The molecule has 2 heterocycles. The molecule has 2 aliphatic heterocycles. The van der Waals surface area contributed by atoms with E-state index in [0.29, 0.717) is 16.6 Å². The zero-order chi connectivity index (χ0) is 13.2. The van der Waals surface area contributed by atoms with Crippen molar-refractivity contribution >= 4 is 28.9 Å². The third-order valence-electron chi connectivity index (χ3n) is 2.66. The van der Waals surface area contributed by atoms with E-state index in [1.54, 1.807) is 6.08 Å². The lowest BCUT2D eigenvalue weighted by molar-refractivity contribution is -0.115. The standard InChI is InChI=1S/C13H12N2O3S/c1-2-19-13-14-9(12(16)15-13)5-8-3-4-10-11(6-8)18-7-17-10/h3-6H,2,7H2,1H3,(H,14,15,16)/b9-5+. The minimum absolute atomic E-state index is 0.173. The molecule has 0 aromatic heterocycles. The number of rotatable bonds is 2. The van der Waals surface area contributed by atoms with E-state index in [1.807, 2.05) is 25.1 Å². The molecular formula is C13H12N2O3S. The van der Waals surface area contributed by atoms with Crippen molar-refractivity contribution in [2.45, 2.75) is 6.92 Å². The van der Waals surface area contributed by atoms with Gasteiger partial charge in [-0.05, 0) is 29.5 Å². The topological polar surface area (TPSA) is 59.9 Å². The molecule has 1 aromatic rings. The minimum Gasteiger partial charge on any atom is -0.454 e. The van der Waals surface area contributed by atoms with Crippen LogP contribution in [0.3, 0.4) is 0 Å². The Balaban J connectivity index is 1.87. The monoisotopic (exact) mass is 276 g/mol. The second-order valence-corrected chi connectivity index (χ2v) is 5.20. The van der Waals surface area contributed by atoms with E-state index in [1.165, 1.54) is 11.8 Å². The van der Waals surface area contributed by atoms with Gasteiger partial charge in [-0.2, -0.15) is 0 Å². The number of carbonyl (C=O) groups is 1. The highest BCUT2D eigenvalue weighted by Crippen LogP contribution is 2.33. The van der Waals surface area contributed by atoms with Crippen molar-refractivity contribution in [1.29, 1.82) is 0 Å². The highest BCUT2D eigenvalue weighted by atomic mass is 32.2. The molecule has 1 N–H and O–H groups in total. The van der Waals surface area contributed by atoms with E-state index in [0.717, 1.165) is 17.1 Å². The summed E-state index contributed by atoms with van der Waals surface area (Å²) in [6.07, 6.45) is 1.74. The van der Waals surface area contributed by atoms with E-state index >= 15 is 0 Å². The van der Waals surface area contributed by atoms with Crippen LogP contribution < -0.4 is 14.8 Å². The van der Waals surface area contributed by atoms with E-state index in [2.05, 4.69) is 10.3 Å². The molecular weight excluding hydrogens is 264 g/mol. The van der Waals surface area contributed by atoms with E-state index in [9.17, 15) is 4.79 Å². The Morgan fingerprint density at radius 3 is 3.11 bits per heavy atom. The summed E-state index contributed by atoms with van der Waals surface area (Å²) in [5.41, 5.74) is 1.27. The number of amides is 1. The molecule has 0 fully saturated rings. The highest BCUT2D eigenvalue weighted by Gasteiger charge is 2.20. The summed E-state index contributed by atoms with van der Waals surface area (Å²) < 4.78 is 10.5. The average molecular weight is 276 g/mol. The van der Waals surface area contributed by atoms with Gasteiger partial charge in [0.15, 0.2) is 16.7 Å². The van der Waals surface area contributed by atoms with Crippen LogP contribution >= 0.6 is 11.8 Å². The van der Waals surface area contributed by atoms with Gasteiger partial charge in [0.25, 0.3) is 5.91 Å². The normalized spacial score (nSPS) is 18.7. The van der Waals surface area contributed by atoms with Gasteiger partial charge in [0.05, 0.1) is 0 Å². The molecule has 0 unspecified atom stereocenters. The molecule has 6 heteroatoms. The number of aliphatic imine (C=N–C) groups is 1.